The Labute approximate surface area is 138 Å². The second-order valence-corrected chi connectivity index (χ2v) is 8.07. The molecule has 6 heteroatoms. The first-order valence-electron chi connectivity index (χ1n) is 7.72. The minimum atomic E-state index is 0.522. The third-order valence-electron chi connectivity index (χ3n) is 4.09. The maximum atomic E-state index is 8.14. The van der Waals surface area contributed by atoms with Gasteiger partial charge >= 0.3 is 0 Å². The second-order valence-electron chi connectivity index (χ2n) is 5.62. The number of azide groups is 1. The van der Waals surface area contributed by atoms with E-state index in [2.05, 4.69) is 22.2 Å². The normalized spacial score (nSPS) is 14.8. The minimum Gasteiger partial charge on any atom is -0.326 e. The topological polar surface area (TPSA) is 74.8 Å². The molecule has 116 valence electrons. The SMILES string of the molecule is NCc1cc2c(s1)CCC2.[N-]=[N+]=NCc1cc2c(s1)CCC2. The van der Waals surface area contributed by atoms with Crippen LogP contribution in [0, 0.1) is 0 Å². The monoisotopic (exact) mass is 332 g/mol. The fourth-order valence-electron chi connectivity index (χ4n) is 3.06. The summed E-state index contributed by atoms with van der Waals surface area (Å²) in [6, 6.07) is 4.45. The van der Waals surface area contributed by atoms with E-state index in [-0.39, 0.29) is 0 Å². The van der Waals surface area contributed by atoms with E-state index in [1.807, 2.05) is 11.3 Å². The Kier molecular flexibility index (Phi) is 5.16. The Morgan fingerprint density at radius 1 is 1.00 bits per heavy atom. The van der Waals surface area contributed by atoms with Crippen LogP contribution in [0.2, 0.25) is 0 Å². The molecule has 0 fully saturated rings. The molecular weight excluding hydrogens is 312 g/mol. The molecule has 0 radical (unpaired) electrons. The van der Waals surface area contributed by atoms with E-state index in [0.29, 0.717) is 6.54 Å². The van der Waals surface area contributed by atoms with E-state index >= 15 is 0 Å². The van der Waals surface area contributed by atoms with Gasteiger partial charge in [-0.2, -0.15) is 0 Å². The van der Waals surface area contributed by atoms with Crippen LogP contribution in [0.15, 0.2) is 17.2 Å². The maximum absolute atomic E-state index is 8.14. The Balaban J connectivity index is 0.000000133. The third-order valence-corrected chi connectivity index (χ3v) is 6.57. The van der Waals surface area contributed by atoms with Crippen LogP contribution in [0.5, 0.6) is 0 Å². The van der Waals surface area contributed by atoms with E-state index in [4.69, 9.17) is 11.3 Å². The zero-order valence-electron chi connectivity index (χ0n) is 12.5. The lowest BCUT2D eigenvalue weighted by Gasteiger charge is -1.86. The third kappa shape index (κ3) is 3.52. The largest absolute Gasteiger partial charge is 0.326 e. The van der Waals surface area contributed by atoms with Crippen LogP contribution in [0.1, 0.15) is 43.5 Å². The number of hydrogen-bond acceptors (Lipinski definition) is 4. The summed E-state index contributed by atoms with van der Waals surface area (Å²) in [5.41, 5.74) is 16.7. The van der Waals surface area contributed by atoms with Crippen molar-refractivity contribution in [2.24, 2.45) is 10.8 Å². The van der Waals surface area contributed by atoms with E-state index < -0.39 is 0 Å². The number of nitrogens with zero attached hydrogens (tertiary/aromatic N) is 3. The Bertz CT molecular complexity index is 652. The van der Waals surface area contributed by atoms with Crippen molar-refractivity contribution < 1.29 is 0 Å². The highest BCUT2D eigenvalue weighted by molar-refractivity contribution is 7.12. The van der Waals surface area contributed by atoms with Crippen LogP contribution in [0.3, 0.4) is 0 Å². The van der Waals surface area contributed by atoms with Crippen molar-refractivity contribution in [2.75, 3.05) is 0 Å². The predicted octanol–water partition coefficient (Wildman–Crippen LogP) is 4.74. The summed E-state index contributed by atoms with van der Waals surface area (Å²) >= 11 is 3.69. The zero-order chi connectivity index (χ0) is 15.4. The number of thiophene rings is 2. The average molecular weight is 332 g/mol. The molecule has 2 aliphatic rings. The van der Waals surface area contributed by atoms with Gasteiger partial charge in [0.05, 0.1) is 6.54 Å². The summed E-state index contributed by atoms with van der Waals surface area (Å²) in [6.07, 6.45) is 7.65. The highest BCUT2D eigenvalue weighted by Crippen LogP contribution is 2.31. The molecule has 4 rings (SSSR count). The molecule has 0 atom stereocenters. The summed E-state index contributed by atoms with van der Waals surface area (Å²) in [5.74, 6) is 0. The maximum Gasteiger partial charge on any atom is 0.0605 e. The van der Waals surface area contributed by atoms with E-state index in [0.717, 1.165) is 6.54 Å². The van der Waals surface area contributed by atoms with E-state index in [1.54, 1.807) is 21.8 Å². The predicted molar refractivity (Wildman–Crippen MR) is 93.4 cm³/mol. The van der Waals surface area contributed by atoms with Crippen molar-refractivity contribution in [2.45, 2.75) is 51.6 Å². The van der Waals surface area contributed by atoms with Gasteiger partial charge in [0.25, 0.3) is 0 Å². The second kappa shape index (κ2) is 7.29. The summed E-state index contributed by atoms with van der Waals surface area (Å²) < 4.78 is 0. The van der Waals surface area contributed by atoms with Crippen molar-refractivity contribution >= 4 is 22.7 Å². The molecule has 2 aromatic heterocycles. The molecule has 4 nitrogen and oxygen atoms in total. The van der Waals surface area contributed by atoms with Gasteiger partial charge in [0.2, 0.25) is 0 Å². The molecule has 0 bridgehead atoms. The molecule has 0 aromatic carbocycles. The first-order chi connectivity index (χ1) is 10.8. The summed E-state index contributed by atoms with van der Waals surface area (Å²) in [5, 5.41) is 3.55. The van der Waals surface area contributed by atoms with Crippen molar-refractivity contribution in [3.05, 3.63) is 53.2 Å². The van der Waals surface area contributed by atoms with Crippen molar-refractivity contribution in [3.63, 3.8) is 0 Å². The van der Waals surface area contributed by atoms with Gasteiger partial charge in [-0.15, -0.1) is 22.7 Å². The smallest absolute Gasteiger partial charge is 0.0605 e. The minimum absolute atomic E-state index is 0.522. The van der Waals surface area contributed by atoms with Crippen molar-refractivity contribution in [3.8, 4) is 0 Å². The molecule has 0 amide bonds. The molecule has 2 aromatic rings. The number of rotatable bonds is 3. The highest BCUT2D eigenvalue weighted by atomic mass is 32.1. The van der Waals surface area contributed by atoms with Crippen LogP contribution in [0.25, 0.3) is 10.4 Å². The molecule has 0 saturated carbocycles. The zero-order valence-corrected chi connectivity index (χ0v) is 14.2. The van der Waals surface area contributed by atoms with Gasteiger partial charge in [-0.05, 0) is 67.3 Å². The number of hydrogen-bond donors (Lipinski definition) is 1. The molecule has 0 saturated heterocycles. The lowest BCUT2D eigenvalue weighted by atomic mass is 10.2. The molecular formula is C16H20N4S2. The molecule has 2 heterocycles. The molecule has 22 heavy (non-hydrogen) atoms. The van der Waals surface area contributed by atoms with Gasteiger partial charge in [0.15, 0.2) is 0 Å². The van der Waals surface area contributed by atoms with Crippen LogP contribution in [-0.2, 0) is 38.8 Å². The average Bonchev–Trinajstić information content (AvgIpc) is 3.24. The van der Waals surface area contributed by atoms with Gasteiger partial charge in [-0.25, -0.2) is 0 Å². The first kappa shape index (κ1) is 15.6. The summed E-state index contributed by atoms with van der Waals surface area (Å²) in [7, 11) is 0. The van der Waals surface area contributed by atoms with Gasteiger partial charge < -0.3 is 5.73 Å². The summed E-state index contributed by atoms with van der Waals surface area (Å²) in [6.45, 7) is 1.24. The first-order valence-corrected chi connectivity index (χ1v) is 9.35. The van der Waals surface area contributed by atoms with Gasteiger partial charge in [-0.1, -0.05) is 5.11 Å². The van der Waals surface area contributed by atoms with Crippen LogP contribution in [0.4, 0.5) is 0 Å². The summed E-state index contributed by atoms with van der Waals surface area (Å²) in [4.78, 5) is 8.39. The van der Waals surface area contributed by atoms with Gasteiger partial charge in [0, 0.05) is 31.0 Å². The van der Waals surface area contributed by atoms with E-state index in [9.17, 15) is 0 Å². The van der Waals surface area contributed by atoms with Crippen LogP contribution < -0.4 is 5.73 Å². The molecule has 0 aliphatic heterocycles. The molecule has 0 unspecified atom stereocenters. The molecule has 2 aliphatic carbocycles. The standard InChI is InChI=1S/C8H9N3S.C8H11NS/c9-11-10-5-7-4-6-2-1-3-8(6)12-7;9-5-7-4-6-2-1-3-8(6)10-7/h4H,1-3,5H2;4H,1-3,5,9H2. The highest BCUT2D eigenvalue weighted by Gasteiger charge is 2.14. The Morgan fingerprint density at radius 2 is 1.59 bits per heavy atom. The Morgan fingerprint density at radius 3 is 2.14 bits per heavy atom. The lowest BCUT2D eigenvalue weighted by molar-refractivity contribution is 0.912. The lowest BCUT2D eigenvalue weighted by Crippen LogP contribution is -1.91. The fraction of sp³-hybridized carbons (Fsp3) is 0.500. The van der Waals surface area contributed by atoms with Gasteiger partial charge in [0.1, 0.15) is 0 Å². The molecule has 0 spiro atoms. The van der Waals surface area contributed by atoms with Gasteiger partial charge in [-0.3, -0.25) is 0 Å². The number of fused-ring (bicyclic) bond motifs is 2. The van der Waals surface area contributed by atoms with Crippen LogP contribution >= 0.6 is 22.7 Å². The number of nitrogens with two attached hydrogens (primary N) is 1. The van der Waals surface area contributed by atoms with Crippen molar-refractivity contribution in [1.82, 2.24) is 0 Å². The van der Waals surface area contributed by atoms with E-state index in [1.165, 1.54) is 58.7 Å². The number of aryl methyl sites for hydroxylation is 4. The Hall–Kier alpha value is -1.33. The fourth-order valence-corrected chi connectivity index (χ4v) is 5.38. The quantitative estimate of drug-likeness (QED) is 0.492. The van der Waals surface area contributed by atoms with Crippen LogP contribution in [-0.4, -0.2) is 0 Å². The van der Waals surface area contributed by atoms with Crippen molar-refractivity contribution in [1.29, 1.82) is 0 Å². The molecule has 2 N–H and O–H groups in total.